The van der Waals surface area contributed by atoms with Crippen molar-refractivity contribution in [2.75, 3.05) is 31.2 Å². The highest BCUT2D eigenvalue weighted by Crippen LogP contribution is 2.30. The largest absolute Gasteiger partial charge is 0.378 e. The molecule has 4 rings (SSSR count). The molecule has 0 spiro atoms. The summed E-state index contributed by atoms with van der Waals surface area (Å²) >= 11 is 0. The smallest absolute Gasteiger partial charge is 0.228 e. The first-order valence-corrected chi connectivity index (χ1v) is 8.45. The molecule has 0 unspecified atom stereocenters. The van der Waals surface area contributed by atoms with E-state index in [9.17, 15) is 13.2 Å². The molecule has 9 heteroatoms. The van der Waals surface area contributed by atoms with Gasteiger partial charge in [0.1, 0.15) is 11.2 Å². The van der Waals surface area contributed by atoms with Gasteiger partial charge < -0.3 is 9.64 Å². The van der Waals surface area contributed by atoms with Crippen LogP contribution < -0.4 is 4.90 Å². The number of fused-ring (bicyclic) bond motifs is 1. The van der Waals surface area contributed by atoms with Gasteiger partial charge in [-0.25, -0.2) is 28.1 Å². The predicted octanol–water partition coefficient (Wildman–Crippen LogP) is 2.96. The van der Waals surface area contributed by atoms with Crippen molar-refractivity contribution < 1.29 is 17.9 Å². The molecular weight excluding hydrogens is 359 g/mol. The maximum atomic E-state index is 14.5. The van der Waals surface area contributed by atoms with Crippen LogP contribution in [0.2, 0.25) is 0 Å². The molecule has 6 nitrogen and oxygen atoms in total. The molecule has 140 valence electrons. The predicted molar refractivity (Wildman–Crippen MR) is 92.9 cm³/mol. The summed E-state index contributed by atoms with van der Waals surface area (Å²) in [5, 5.41) is 0. The van der Waals surface area contributed by atoms with E-state index in [2.05, 4.69) is 19.9 Å². The highest BCUT2D eigenvalue weighted by Gasteiger charge is 2.23. The normalized spacial score (nSPS) is 14.8. The molecule has 1 fully saturated rings. The molecule has 0 amide bonds. The minimum Gasteiger partial charge on any atom is -0.378 e. The van der Waals surface area contributed by atoms with Crippen LogP contribution >= 0.6 is 0 Å². The van der Waals surface area contributed by atoms with Crippen molar-refractivity contribution >= 4 is 17.1 Å². The Balaban J connectivity index is 1.99. The molecule has 1 saturated heterocycles. The van der Waals surface area contributed by atoms with Crippen LogP contribution in [0.1, 0.15) is 11.4 Å². The van der Waals surface area contributed by atoms with Crippen molar-refractivity contribution in [1.82, 2.24) is 19.9 Å². The lowest BCUT2D eigenvalue weighted by molar-refractivity contribution is 0.122. The van der Waals surface area contributed by atoms with Crippen molar-refractivity contribution in [3.63, 3.8) is 0 Å². The second-order valence-corrected chi connectivity index (χ2v) is 6.26. The summed E-state index contributed by atoms with van der Waals surface area (Å²) in [5.74, 6) is -3.81. The van der Waals surface area contributed by atoms with E-state index < -0.39 is 17.5 Å². The number of hydrogen-bond donors (Lipinski definition) is 0. The first-order chi connectivity index (χ1) is 13.0. The Morgan fingerprint density at radius 1 is 0.889 bits per heavy atom. The molecule has 1 aliphatic rings. The average molecular weight is 375 g/mol. The zero-order chi connectivity index (χ0) is 19.1. The van der Waals surface area contributed by atoms with Crippen LogP contribution in [0.15, 0.2) is 12.1 Å². The zero-order valence-corrected chi connectivity index (χ0v) is 14.8. The van der Waals surface area contributed by atoms with Crippen molar-refractivity contribution in [1.29, 1.82) is 0 Å². The topological polar surface area (TPSA) is 64.0 Å². The van der Waals surface area contributed by atoms with E-state index in [-0.39, 0.29) is 22.4 Å². The van der Waals surface area contributed by atoms with E-state index in [0.29, 0.717) is 43.6 Å². The van der Waals surface area contributed by atoms with Gasteiger partial charge in [0.2, 0.25) is 5.95 Å². The summed E-state index contributed by atoms with van der Waals surface area (Å²) in [7, 11) is 0. The zero-order valence-electron chi connectivity index (χ0n) is 14.8. The van der Waals surface area contributed by atoms with E-state index in [4.69, 9.17) is 4.74 Å². The fourth-order valence-electron chi connectivity index (χ4n) is 2.90. The molecule has 1 aliphatic heterocycles. The third kappa shape index (κ3) is 3.08. The van der Waals surface area contributed by atoms with Crippen LogP contribution in [0, 0.1) is 31.3 Å². The van der Waals surface area contributed by atoms with Gasteiger partial charge in [0.15, 0.2) is 23.1 Å². The highest BCUT2D eigenvalue weighted by atomic mass is 19.2. The molecule has 3 aromatic rings. The van der Waals surface area contributed by atoms with Crippen LogP contribution in [0.4, 0.5) is 19.1 Å². The molecule has 0 aliphatic carbocycles. The fraction of sp³-hybridized carbons (Fsp3) is 0.333. The van der Waals surface area contributed by atoms with E-state index in [0.717, 1.165) is 12.1 Å². The summed E-state index contributed by atoms with van der Waals surface area (Å²) in [4.78, 5) is 19.6. The lowest BCUT2D eigenvalue weighted by Gasteiger charge is -2.27. The summed E-state index contributed by atoms with van der Waals surface area (Å²) < 4.78 is 47.0. The SMILES string of the molecule is Cc1nc2nc(N3CCOCC3)nc(-c3ccc(F)c(F)c3F)c2nc1C. The highest BCUT2D eigenvalue weighted by molar-refractivity contribution is 5.88. The summed E-state index contributed by atoms with van der Waals surface area (Å²) in [5.41, 5.74) is 1.69. The average Bonchev–Trinajstić information content (AvgIpc) is 2.67. The molecule has 0 bridgehead atoms. The first-order valence-electron chi connectivity index (χ1n) is 8.45. The number of morpholine rings is 1. The Morgan fingerprint density at radius 3 is 2.33 bits per heavy atom. The Bertz CT molecular complexity index is 1040. The van der Waals surface area contributed by atoms with Crippen molar-refractivity contribution in [2.45, 2.75) is 13.8 Å². The minimum atomic E-state index is -1.55. The van der Waals surface area contributed by atoms with Crippen molar-refractivity contribution in [3.05, 3.63) is 41.0 Å². The maximum absolute atomic E-state index is 14.5. The van der Waals surface area contributed by atoms with Crippen LogP contribution in [0.5, 0.6) is 0 Å². The number of halogens is 3. The first kappa shape index (κ1) is 17.6. The second kappa shape index (κ2) is 6.73. The van der Waals surface area contributed by atoms with Gasteiger partial charge in [-0.1, -0.05) is 0 Å². The third-order valence-electron chi connectivity index (χ3n) is 4.51. The Hall–Kier alpha value is -2.81. The Morgan fingerprint density at radius 2 is 1.59 bits per heavy atom. The summed E-state index contributed by atoms with van der Waals surface area (Å²) in [6.45, 7) is 5.68. The van der Waals surface area contributed by atoms with Gasteiger partial charge in [0.25, 0.3) is 0 Å². The van der Waals surface area contributed by atoms with E-state index >= 15 is 0 Å². The summed E-state index contributed by atoms with van der Waals surface area (Å²) in [6, 6.07) is 2.01. The van der Waals surface area contributed by atoms with Crippen LogP contribution in [0.25, 0.3) is 22.4 Å². The molecule has 0 radical (unpaired) electrons. The lowest BCUT2D eigenvalue weighted by atomic mass is 10.1. The number of benzene rings is 1. The van der Waals surface area contributed by atoms with Crippen molar-refractivity contribution in [2.24, 2.45) is 0 Å². The van der Waals surface area contributed by atoms with Gasteiger partial charge in [0, 0.05) is 18.7 Å². The molecule has 1 aromatic carbocycles. The number of aryl methyl sites for hydroxylation is 2. The molecule has 3 heterocycles. The lowest BCUT2D eigenvalue weighted by Crippen LogP contribution is -2.37. The molecule has 0 atom stereocenters. The Labute approximate surface area is 153 Å². The maximum Gasteiger partial charge on any atom is 0.228 e. The van der Waals surface area contributed by atoms with Crippen LogP contribution in [-0.4, -0.2) is 46.2 Å². The van der Waals surface area contributed by atoms with Gasteiger partial charge in [0.05, 0.1) is 24.6 Å². The van der Waals surface area contributed by atoms with Gasteiger partial charge in [-0.15, -0.1) is 0 Å². The molecule has 2 aromatic heterocycles. The molecule has 27 heavy (non-hydrogen) atoms. The Kier molecular flexibility index (Phi) is 4.39. The van der Waals surface area contributed by atoms with Gasteiger partial charge in [-0.3, -0.25) is 0 Å². The fourth-order valence-corrected chi connectivity index (χ4v) is 2.90. The van der Waals surface area contributed by atoms with E-state index in [1.807, 2.05) is 4.90 Å². The van der Waals surface area contributed by atoms with Gasteiger partial charge in [-0.05, 0) is 26.0 Å². The molecule has 0 N–H and O–H groups in total. The standard InChI is InChI=1S/C18H16F3N5O/c1-9-10(2)23-17-16(22-9)15(11-3-4-12(19)14(21)13(11)20)24-18(25-17)26-5-7-27-8-6-26/h3-4H,5-8H2,1-2H3. The van der Waals surface area contributed by atoms with Crippen molar-refractivity contribution in [3.8, 4) is 11.3 Å². The number of rotatable bonds is 2. The second-order valence-electron chi connectivity index (χ2n) is 6.26. The molecule has 0 saturated carbocycles. The van der Waals surface area contributed by atoms with Gasteiger partial charge >= 0.3 is 0 Å². The van der Waals surface area contributed by atoms with E-state index in [1.54, 1.807) is 13.8 Å². The van der Waals surface area contributed by atoms with E-state index in [1.165, 1.54) is 0 Å². The van der Waals surface area contributed by atoms with Gasteiger partial charge in [-0.2, -0.15) is 4.98 Å². The number of aromatic nitrogens is 4. The third-order valence-corrected chi connectivity index (χ3v) is 4.51. The number of anilines is 1. The van der Waals surface area contributed by atoms with Crippen LogP contribution in [0.3, 0.4) is 0 Å². The number of ether oxygens (including phenoxy) is 1. The number of hydrogen-bond acceptors (Lipinski definition) is 6. The molecular formula is C18H16F3N5O. The minimum absolute atomic E-state index is 0.0773. The summed E-state index contributed by atoms with van der Waals surface area (Å²) in [6.07, 6.45) is 0. The quantitative estimate of drug-likeness (QED) is 0.642. The number of nitrogens with zero attached hydrogens (tertiary/aromatic N) is 5. The monoisotopic (exact) mass is 375 g/mol. The van der Waals surface area contributed by atoms with Crippen LogP contribution in [-0.2, 0) is 4.74 Å².